The Kier molecular flexibility index (Phi) is 11.1. The number of unbranched alkanes of at least 4 members (excludes halogenated alkanes) is 4. The summed E-state index contributed by atoms with van der Waals surface area (Å²) in [7, 11) is 0. The van der Waals surface area contributed by atoms with Gasteiger partial charge in [0, 0.05) is 67.0 Å². The van der Waals surface area contributed by atoms with Crippen molar-refractivity contribution in [3.63, 3.8) is 0 Å². The first-order chi connectivity index (χ1) is 19.2. The van der Waals surface area contributed by atoms with Gasteiger partial charge >= 0.3 is 0 Å². The maximum Gasteiger partial charge on any atom is 0.206 e. The standard InChI is InChI=1S/C32H46N2O6/c1-5-9-13-33(14-10-6-2)21-17-23(35)27(24(36)18-21)29-31(39)30(32(29)40)28-25(37)19-22(20-26(28)38)34(15-11-7-3)16-12-8-4/h17-20,27,30H,5-16H2,1-4H3,(H4,35,36,37,38,39,40). The number of hydrogen-bond acceptors (Lipinski definition) is 7. The van der Waals surface area contributed by atoms with Crippen LogP contribution >= 0.6 is 0 Å². The van der Waals surface area contributed by atoms with Gasteiger partial charge in [-0.25, -0.2) is 4.58 Å². The molecular weight excluding hydrogens is 508 g/mol. The van der Waals surface area contributed by atoms with E-state index in [1.54, 1.807) is 0 Å². The van der Waals surface area contributed by atoms with Gasteiger partial charge in [0.1, 0.15) is 42.0 Å². The lowest BCUT2D eigenvalue weighted by molar-refractivity contribution is -0.527. The third-order valence-electron chi connectivity index (χ3n) is 7.79. The van der Waals surface area contributed by atoms with Crippen LogP contribution in [0.1, 0.15) is 90.5 Å². The van der Waals surface area contributed by atoms with E-state index in [1.165, 1.54) is 24.3 Å². The summed E-state index contributed by atoms with van der Waals surface area (Å²) < 4.78 is 2.09. The van der Waals surface area contributed by atoms with Crippen LogP contribution in [0.25, 0.3) is 0 Å². The first kappa shape index (κ1) is 31.1. The Morgan fingerprint density at radius 2 is 1.25 bits per heavy atom. The van der Waals surface area contributed by atoms with Gasteiger partial charge in [-0.1, -0.05) is 53.4 Å². The minimum atomic E-state index is -1.37. The van der Waals surface area contributed by atoms with Gasteiger partial charge in [-0.2, -0.15) is 0 Å². The Labute approximate surface area is 238 Å². The van der Waals surface area contributed by atoms with Crippen LogP contribution < -0.4 is 10.0 Å². The zero-order chi connectivity index (χ0) is 29.4. The van der Waals surface area contributed by atoms with Crippen LogP contribution in [-0.4, -0.2) is 62.7 Å². The number of hydrogen-bond donors (Lipinski definition) is 4. The first-order valence-electron chi connectivity index (χ1n) is 14.9. The van der Waals surface area contributed by atoms with Crippen LogP contribution in [0, 0.1) is 5.92 Å². The number of benzene rings is 1. The van der Waals surface area contributed by atoms with Crippen LogP contribution in [0.4, 0.5) is 5.69 Å². The molecule has 2 aliphatic carbocycles. The van der Waals surface area contributed by atoms with E-state index in [9.17, 15) is 30.3 Å². The monoisotopic (exact) mass is 554 g/mol. The molecule has 0 saturated carbocycles. The molecule has 1 aromatic rings. The van der Waals surface area contributed by atoms with E-state index in [0.29, 0.717) is 11.4 Å². The lowest BCUT2D eigenvalue weighted by Gasteiger charge is -2.40. The number of anilines is 1. The summed E-state index contributed by atoms with van der Waals surface area (Å²) in [5, 5.41) is 56.7. The fourth-order valence-electron chi connectivity index (χ4n) is 5.38. The van der Waals surface area contributed by atoms with E-state index in [0.717, 1.165) is 77.5 Å². The molecule has 220 valence electrons. The van der Waals surface area contributed by atoms with Gasteiger partial charge in [0.15, 0.2) is 5.78 Å². The van der Waals surface area contributed by atoms with E-state index >= 15 is 0 Å². The number of allylic oxidation sites excluding steroid dienone is 3. The number of ketones is 1. The van der Waals surface area contributed by atoms with Crippen molar-refractivity contribution in [1.29, 1.82) is 0 Å². The average molecular weight is 555 g/mol. The minimum Gasteiger partial charge on any atom is -0.874 e. The Hall–Kier alpha value is -3.42. The zero-order valence-corrected chi connectivity index (χ0v) is 24.4. The summed E-state index contributed by atoms with van der Waals surface area (Å²) in [5.41, 5.74) is 0.909. The second kappa shape index (κ2) is 14.3. The van der Waals surface area contributed by atoms with Gasteiger partial charge in [0.25, 0.3) is 0 Å². The van der Waals surface area contributed by atoms with E-state index in [1.807, 2.05) is 0 Å². The summed E-state index contributed by atoms with van der Waals surface area (Å²) in [6.45, 7) is 11.4. The van der Waals surface area contributed by atoms with Crippen LogP contribution in [-0.2, 0) is 4.79 Å². The van der Waals surface area contributed by atoms with Crippen molar-refractivity contribution in [2.45, 2.75) is 85.0 Å². The first-order valence-corrected chi connectivity index (χ1v) is 14.9. The Bertz CT molecular complexity index is 1130. The second-order valence-electron chi connectivity index (χ2n) is 10.9. The average Bonchev–Trinajstić information content (AvgIpc) is 2.92. The third-order valence-corrected chi connectivity index (χ3v) is 7.79. The lowest BCUT2D eigenvalue weighted by atomic mass is 9.70. The summed E-state index contributed by atoms with van der Waals surface area (Å²) in [4.78, 5) is 15.4. The van der Waals surface area contributed by atoms with Crippen molar-refractivity contribution in [2.24, 2.45) is 5.92 Å². The van der Waals surface area contributed by atoms with Crippen molar-refractivity contribution in [2.75, 3.05) is 31.1 Å². The SMILES string of the molecule is CCCCN(CCCC)c1cc(O)c(C2C(=O)C(C3C(O)=CC(=[N+](CCCC)CCCC)C=C3O)=C2[O-])c(O)c1. The van der Waals surface area contributed by atoms with Gasteiger partial charge in [-0.05, 0) is 12.8 Å². The maximum absolute atomic E-state index is 13.3. The Morgan fingerprint density at radius 3 is 1.68 bits per heavy atom. The molecule has 0 bridgehead atoms. The van der Waals surface area contributed by atoms with E-state index in [-0.39, 0.29) is 34.2 Å². The molecule has 0 spiro atoms. The van der Waals surface area contributed by atoms with Crippen molar-refractivity contribution >= 4 is 17.2 Å². The molecule has 1 unspecified atom stereocenters. The molecule has 0 radical (unpaired) electrons. The number of aromatic hydroxyl groups is 2. The highest BCUT2D eigenvalue weighted by Gasteiger charge is 2.45. The molecule has 2 aliphatic rings. The second-order valence-corrected chi connectivity index (χ2v) is 10.9. The lowest BCUT2D eigenvalue weighted by Crippen LogP contribution is -2.41. The molecule has 0 aliphatic heterocycles. The molecule has 0 saturated heterocycles. The highest BCUT2D eigenvalue weighted by atomic mass is 16.3. The Balaban J connectivity index is 1.92. The number of carbonyl (C=O) groups is 1. The number of phenols is 2. The van der Waals surface area contributed by atoms with Gasteiger partial charge in [0.05, 0.1) is 5.92 Å². The molecule has 40 heavy (non-hydrogen) atoms. The van der Waals surface area contributed by atoms with E-state index in [2.05, 4.69) is 37.2 Å². The summed E-state index contributed by atoms with van der Waals surface area (Å²) in [6.07, 6.45) is 10.9. The van der Waals surface area contributed by atoms with Gasteiger partial charge in [-0.15, -0.1) is 5.76 Å². The molecule has 8 nitrogen and oxygen atoms in total. The number of aliphatic hydroxyl groups is 2. The molecule has 0 heterocycles. The van der Waals surface area contributed by atoms with Crippen LogP contribution in [0.5, 0.6) is 11.5 Å². The highest BCUT2D eigenvalue weighted by molar-refractivity contribution is 6.12. The number of carbonyl (C=O) groups excluding carboxylic acids is 1. The fourth-order valence-corrected chi connectivity index (χ4v) is 5.38. The quantitative estimate of drug-likeness (QED) is 0.215. The van der Waals surface area contributed by atoms with Gasteiger partial charge in [0.2, 0.25) is 5.71 Å². The normalized spacial score (nSPS) is 18.9. The molecule has 4 N–H and O–H groups in total. The van der Waals surface area contributed by atoms with Crippen molar-refractivity contribution in [3.05, 3.63) is 52.7 Å². The van der Waals surface area contributed by atoms with Crippen molar-refractivity contribution in [1.82, 2.24) is 0 Å². The predicted octanol–water partition coefficient (Wildman–Crippen LogP) is 5.35. The topological polar surface area (TPSA) is 127 Å². The fraction of sp³-hybridized carbons (Fsp3) is 0.562. The molecule has 0 amide bonds. The van der Waals surface area contributed by atoms with Crippen molar-refractivity contribution in [3.8, 4) is 11.5 Å². The Morgan fingerprint density at radius 1 is 0.775 bits per heavy atom. The largest absolute Gasteiger partial charge is 0.874 e. The number of rotatable bonds is 15. The van der Waals surface area contributed by atoms with Crippen LogP contribution in [0.15, 0.2) is 47.1 Å². The number of Topliss-reactive ketones (excluding diaryl/α,β-unsaturated/α-hetero) is 1. The van der Waals surface area contributed by atoms with Crippen LogP contribution in [0.3, 0.4) is 0 Å². The van der Waals surface area contributed by atoms with Gasteiger partial charge in [-0.3, -0.25) is 4.79 Å². The molecular formula is C32H46N2O6. The molecule has 3 rings (SSSR count). The smallest absolute Gasteiger partial charge is 0.206 e. The number of aliphatic hydroxyl groups excluding tert-OH is 2. The summed E-state index contributed by atoms with van der Waals surface area (Å²) in [5.74, 6) is -5.05. The van der Waals surface area contributed by atoms with E-state index < -0.39 is 23.4 Å². The molecule has 1 aromatic carbocycles. The predicted molar refractivity (Wildman–Crippen MR) is 156 cm³/mol. The molecule has 1 atom stereocenters. The molecule has 8 heteroatoms. The molecule has 0 aromatic heterocycles. The van der Waals surface area contributed by atoms with Crippen molar-refractivity contribution < 1.29 is 34.9 Å². The van der Waals surface area contributed by atoms with Crippen LogP contribution in [0.2, 0.25) is 0 Å². The molecule has 0 fully saturated rings. The van der Waals surface area contributed by atoms with E-state index in [4.69, 9.17) is 0 Å². The summed E-state index contributed by atoms with van der Waals surface area (Å²) in [6, 6.07) is 2.99. The third kappa shape index (κ3) is 6.65. The highest BCUT2D eigenvalue weighted by Crippen LogP contribution is 2.49. The van der Waals surface area contributed by atoms with Gasteiger partial charge < -0.3 is 30.4 Å². The summed E-state index contributed by atoms with van der Waals surface area (Å²) >= 11 is 0. The zero-order valence-electron chi connectivity index (χ0n) is 24.4. The minimum absolute atomic E-state index is 0.131. The number of nitrogens with zero attached hydrogens (tertiary/aromatic N) is 2. The number of phenolic OH excluding ortho intramolecular Hbond substituents is 2. The maximum atomic E-state index is 13.3.